The lowest BCUT2D eigenvalue weighted by molar-refractivity contribution is 0.0809. The van der Waals surface area contributed by atoms with Crippen molar-refractivity contribution in [2.24, 2.45) is 5.92 Å². The fourth-order valence-electron chi connectivity index (χ4n) is 2.13. The molecule has 0 fully saturated rings. The van der Waals surface area contributed by atoms with Crippen LogP contribution in [0.15, 0.2) is 61.2 Å². The smallest absolute Gasteiger partial charge is 0.174 e. The highest BCUT2D eigenvalue weighted by molar-refractivity contribution is 6.31. The predicted octanol–water partition coefficient (Wildman–Crippen LogP) is 5.25. The number of hydrogen-bond acceptors (Lipinski definition) is 2. The van der Waals surface area contributed by atoms with Crippen molar-refractivity contribution < 1.29 is 9.59 Å². The van der Waals surface area contributed by atoms with Crippen LogP contribution in [0.1, 0.15) is 27.1 Å². The van der Waals surface area contributed by atoms with Crippen LogP contribution in [-0.4, -0.2) is 11.6 Å². The summed E-state index contributed by atoms with van der Waals surface area (Å²) < 4.78 is 0. The lowest BCUT2D eigenvalue weighted by atomic mass is 9.87. The Morgan fingerprint density at radius 2 is 1.23 bits per heavy atom. The highest BCUT2D eigenvalue weighted by Crippen LogP contribution is 2.21. The molecule has 0 saturated carbocycles. The summed E-state index contributed by atoms with van der Waals surface area (Å²) in [6.45, 7) is 3.63. The van der Waals surface area contributed by atoms with E-state index >= 15 is 0 Å². The molecule has 0 aliphatic heterocycles. The first-order valence-corrected chi connectivity index (χ1v) is 7.49. The molecule has 0 saturated heterocycles. The summed E-state index contributed by atoms with van der Waals surface area (Å²) in [4.78, 5) is 25.2. The minimum atomic E-state index is -0.792. The van der Waals surface area contributed by atoms with E-state index < -0.39 is 5.92 Å². The summed E-state index contributed by atoms with van der Waals surface area (Å²) in [5.41, 5.74) is 0.914. The molecule has 0 atom stereocenters. The van der Waals surface area contributed by atoms with Crippen molar-refractivity contribution in [2.75, 3.05) is 0 Å². The van der Waals surface area contributed by atoms with Gasteiger partial charge in [0.1, 0.15) is 0 Å². The van der Waals surface area contributed by atoms with Gasteiger partial charge in [-0.25, -0.2) is 0 Å². The van der Waals surface area contributed by atoms with Crippen molar-refractivity contribution in [2.45, 2.75) is 6.42 Å². The number of carbonyl (C=O) groups excluding carboxylic acids is 2. The summed E-state index contributed by atoms with van der Waals surface area (Å²) in [6, 6.07) is 13.0. The molecule has 0 spiro atoms. The van der Waals surface area contributed by atoms with Crippen LogP contribution in [0, 0.1) is 5.92 Å². The maximum absolute atomic E-state index is 12.6. The molecule has 0 aromatic heterocycles. The number of rotatable bonds is 6. The number of allylic oxidation sites excluding steroid dienone is 1. The van der Waals surface area contributed by atoms with E-state index in [0.717, 1.165) is 0 Å². The van der Waals surface area contributed by atoms with E-state index in [0.29, 0.717) is 21.2 Å². The largest absolute Gasteiger partial charge is 0.293 e. The highest BCUT2D eigenvalue weighted by atomic mass is 35.5. The third-order valence-electron chi connectivity index (χ3n) is 3.29. The molecular formula is C18H14Cl2O2. The van der Waals surface area contributed by atoms with Crippen LogP contribution in [0.25, 0.3) is 0 Å². The minimum Gasteiger partial charge on any atom is -0.293 e. The molecule has 112 valence electrons. The van der Waals surface area contributed by atoms with Gasteiger partial charge >= 0.3 is 0 Å². The lowest BCUT2D eigenvalue weighted by Crippen LogP contribution is -2.24. The van der Waals surface area contributed by atoms with Gasteiger partial charge in [-0.2, -0.15) is 0 Å². The molecule has 2 aromatic rings. The molecule has 0 unspecified atom stereocenters. The Bertz CT molecular complexity index is 631. The molecule has 22 heavy (non-hydrogen) atoms. The van der Waals surface area contributed by atoms with Crippen molar-refractivity contribution in [1.82, 2.24) is 0 Å². The Balaban J connectivity index is 2.30. The Morgan fingerprint density at radius 3 is 1.55 bits per heavy atom. The number of carbonyl (C=O) groups is 2. The fourth-order valence-corrected chi connectivity index (χ4v) is 2.38. The number of Topliss-reactive ketones (excluding diaryl/α,β-unsaturated/α-hetero) is 2. The molecule has 0 radical (unpaired) electrons. The topological polar surface area (TPSA) is 34.1 Å². The molecule has 2 aromatic carbocycles. The fraction of sp³-hybridized carbons (Fsp3) is 0.111. The molecule has 0 aliphatic rings. The second-order valence-electron chi connectivity index (χ2n) is 4.82. The number of hydrogen-bond donors (Lipinski definition) is 0. The quantitative estimate of drug-likeness (QED) is 0.411. The normalized spacial score (nSPS) is 10.5. The molecule has 0 aliphatic carbocycles. The molecule has 2 rings (SSSR count). The van der Waals surface area contributed by atoms with Crippen LogP contribution >= 0.6 is 23.2 Å². The SMILES string of the molecule is C=CCC(C(=O)c1ccc(Cl)cc1)C(=O)c1ccc(Cl)cc1. The van der Waals surface area contributed by atoms with Crippen molar-refractivity contribution in [3.8, 4) is 0 Å². The highest BCUT2D eigenvalue weighted by Gasteiger charge is 2.27. The number of halogens is 2. The first kappa shape index (κ1) is 16.5. The zero-order valence-electron chi connectivity index (χ0n) is 11.8. The van der Waals surface area contributed by atoms with Crippen LogP contribution in [-0.2, 0) is 0 Å². The number of ketones is 2. The van der Waals surface area contributed by atoms with Gasteiger partial charge in [0.05, 0.1) is 5.92 Å². The van der Waals surface area contributed by atoms with Gasteiger partial charge in [-0.15, -0.1) is 6.58 Å². The third-order valence-corrected chi connectivity index (χ3v) is 3.80. The van der Waals surface area contributed by atoms with Crippen molar-refractivity contribution >= 4 is 34.8 Å². The van der Waals surface area contributed by atoms with E-state index in [4.69, 9.17) is 23.2 Å². The van der Waals surface area contributed by atoms with E-state index in [1.165, 1.54) is 0 Å². The maximum atomic E-state index is 12.6. The Labute approximate surface area is 139 Å². The van der Waals surface area contributed by atoms with Crippen LogP contribution in [0.4, 0.5) is 0 Å². The van der Waals surface area contributed by atoms with E-state index in [2.05, 4.69) is 6.58 Å². The first-order chi connectivity index (χ1) is 10.5. The summed E-state index contributed by atoms with van der Waals surface area (Å²) in [5.74, 6) is -1.27. The molecule has 0 heterocycles. The second-order valence-corrected chi connectivity index (χ2v) is 5.69. The average Bonchev–Trinajstić information content (AvgIpc) is 2.53. The Morgan fingerprint density at radius 1 is 0.864 bits per heavy atom. The maximum Gasteiger partial charge on any atom is 0.174 e. The summed E-state index contributed by atoms with van der Waals surface area (Å²) in [6.07, 6.45) is 1.86. The molecule has 4 heteroatoms. The first-order valence-electron chi connectivity index (χ1n) is 6.73. The van der Waals surface area contributed by atoms with Gasteiger partial charge < -0.3 is 0 Å². The van der Waals surface area contributed by atoms with Crippen LogP contribution in [0.2, 0.25) is 10.0 Å². The second kappa shape index (κ2) is 7.39. The van der Waals surface area contributed by atoms with Gasteiger partial charge in [0, 0.05) is 21.2 Å². The lowest BCUT2D eigenvalue weighted by Gasteiger charge is -2.13. The standard InChI is InChI=1S/C18H14Cl2O2/c1-2-3-16(17(21)12-4-8-14(19)9-5-12)18(22)13-6-10-15(20)11-7-13/h2,4-11,16H,1,3H2. The molecule has 0 N–H and O–H groups in total. The van der Waals surface area contributed by atoms with Gasteiger partial charge in [-0.1, -0.05) is 29.3 Å². The van der Waals surface area contributed by atoms with E-state index in [1.54, 1.807) is 54.6 Å². The van der Waals surface area contributed by atoms with Gasteiger partial charge in [0.25, 0.3) is 0 Å². The van der Waals surface area contributed by atoms with Crippen LogP contribution < -0.4 is 0 Å². The zero-order chi connectivity index (χ0) is 16.1. The van der Waals surface area contributed by atoms with Gasteiger partial charge in [0.15, 0.2) is 11.6 Å². The monoisotopic (exact) mass is 332 g/mol. The summed E-state index contributed by atoms with van der Waals surface area (Å²) in [7, 11) is 0. The predicted molar refractivity (Wildman–Crippen MR) is 89.9 cm³/mol. The molecular weight excluding hydrogens is 319 g/mol. The average molecular weight is 333 g/mol. The van der Waals surface area contributed by atoms with Crippen LogP contribution in [0.3, 0.4) is 0 Å². The third kappa shape index (κ3) is 3.85. The van der Waals surface area contributed by atoms with Crippen LogP contribution in [0.5, 0.6) is 0 Å². The van der Waals surface area contributed by atoms with E-state index in [-0.39, 0.29) is 18.0 Å². The van der Waals surface area contributed by atoms with Crippen molar-refractivity contribution in [1.29, 1.82) is 0 Å². The molecule has 0 amide bonds. The van der Waals surface area contributed by atoms with Gasteiger partial charge in [-0.05, 0) is 55.0 Å². The van der Waals surface area contributed by atoms with Gasteiger partial charge in [-0.3, -0.25) is 9.59 Å². The van der Waals surface area contributed by atoms with Gasteiger partial charge in [0.2, 0.25) is 0 Å². The van der Waals surface area contributed by atoms with E-state index in [9.17, 15) is 9.59 Å². The Hall–Kier alpha value is -1.90. The zero-order valence-corrected chi connectivity index (χ0v) is 13.3. The molecule has 0 bridgehead atoms. The van der Waals surface area contributed by atoms with E-state index in [1.807, 2.05) is 0 Å². The van der Waals surface area contributed by atoms with Crippen molar-refractivity contribution in [3.05, 3.63) is 82.4 Å². The number of benzene rings is 2. The molecule has 2 nitrogen and oxygen atoms in total. The summed E-state index contributed by atoms with van der Waals surface area (Å²) in [5, 5.41) is 1.08. The summed E-state index contributed by atoms with van der Waals surface area (Å²) >= 11 is 11.6. The Kier molecular flexibility index (Phi) is 5.53. The van der Waals surface area contributed by atoms with Crippen molar-refractivity contribution in [3.63, 3.8) is 0 Å². The minimum absolute atomic E-state index is 0.239.